The first-order valence-electron chi connectivity index (χ1n) is 4.93. The van der Waals surface area contributed by atoms with Crippen LogP contribution < -0.4 is 5.32 Å². The maximum atomic E-state index is 11.7. The van der Waals surface area contributed by atoms with Crippen molar-refractivity contribution in [3.05, 3.63) is 24.2 Å². The van der Waals surface area contributed by atoms with Gasteiger partial charge in [-0.3, -0.25) is 0 Å². The first kappa shape index (κ1) is 11.6. The Hall–Kier alpha value is -1.45. The van der Waals surface area contributed by atoms with Crippen molar-refractivity contribution in [3.8, 4) is 0 Å². The van der Waals surface area contributed by atoms with Gasteiger partial charge in [-0.05, 0) is 26.8 Å². The normalized spacial score (nSPS) is 11.2. The third kappa shape index (κ3) is 4.06. The predicted octanol–water partition coefficient (Wildman–Crippen LogP) is 2.22. The summed E-state index contributed by atoms with van der Waals surface area (Å²) in [7, 11) is 1.76. The number of hydrogen-bond donors (Lipinski definition) is 1. The molecule has 0 atom stereocenters. The number of urea groups is 1. The van der Waals surface area contributed by atoms with Crippen LogP contribution in [-0.4, -0.2) is 23.5 Å². The number of carbonyl (C=O) groups is 1. The topological polar surface area (TPSA) is 45.5 Å². The molecule has 0 radical (unpaired) electrons. The Labute approximate surface area is 90.3 Å². The monoisotopic (exact) mass is 210 g/mol. The minimum atomic E-state index is -0.207. The molecule has 0 unspecified atom stereocenters. The van der Waals surface area contributed by atoms with Gasteiger partial charge in [-0.15, -0.1) is 0 Å². The average molecular weight is 210 g/mol. The van der Waals surface area contributed by atoms with Crippen molar-refractivity contribution < 1.29 is 9.21 Å². The summed E-state index contributed by atoms with van der Waals surface area (Å²) in [6, 6.07) is 1.77. The van der Waals surface area contributed by atoms with Crippen LogP contribution in [0.2, 0.25) is 0 Å². The molecule has 0 saturated carbocycles. The third-order valence-electron chi connectivity index (χ3n) is 1.83. The van der Waals surface area contributed by atoms with Crippen LogP contribution in [0.15, 0.2) is 23.0 Å². The van der Waals surface area contributed by atoms with E-state index in [-0.39, 0.29) is 11.6 Å². The van der Waals surface area contributed by atoms with Crippen LogP contribution in [0.3, 0.4) is 0 Å². The van der Waals surface area contributed by atoms with Gasteiger partial charge in [0.15, 0.2) is 0 Å². The largest absolute Gasteiger partial charge is 0.472 e. The molecule has 0 saturated heterocycles. The van der Waals surface area contributed by atoms with Gasteiger partial charge in [-0.1, -0.05) is 0 Å². The predicted molar refractivity (Wildman–Crippen MR) is 58.5 cm³/mol. The molecule has 1 aromatic heterocycles. The van der Waals surface area contributed by atoms with Gasteiger partial charge in [0.2, 0.25) is 0 Å². The van der Waals surface area contributed by atoms with Crippen molar-refractivity contribution >= 4 is 6.03 Å². The molecule has 0 bridgehead atoms. The lowest BCUT2D eigenvalue weighted by Crippen LogP contribution is -2.46. The van der Waals surface area contributed by atoms with Gasteiger partial charge in [0, 0.05) is 18.2 Å². The maximum absolute atomic E-state index is 11.7. The van der Waals surface area contributed by atoms with Crippen LogP contribution in [0.25, 0.3) is 0 Å². The molecular weight excluding hydrogens is 192 g/mol. The van der Waals surface area contributed by atoms with E-state index in [9.17, 15) is 4.79 Å². The number of nitrogens with one attached hydrogen (secondary N) is 1. The fourth-order valence-electron chi connectivity index (χ4n) is 1.14. The van der Waals surface area contributed by atoms with Crippen molar-refractivity contribution in [2.75, 3.05) is 7.05 Å². The molecule has 1 rings (SSSR count). The lowest BCUT2D eigenvalue weighted by molar-refractivity contribution is 0.197. The van der Waals surface area contributed by atoms with Crippen molar-refractivity contribution in [2.24, 2.45) is 0 Å². The Morgan fingerprint density at radius 3 is 2.67 bits per heavy atom. The molecular formula is C11H18N2O2. The molecule has 0 aliphatic heterocycles. The highest BCUT2D eigenvalue weighted by Crippen LogP contribution is 2.05. The van der Waals surface area contributed by atoms with Crippen molar-refractivity contribution in [1.82, 2.24) is 10.2 Å². The minimum absolute atomic E-state index is 0.0799. The SMILES string of the molecule is CN(Cc1ccoc1)C(=O)NC(C)(C)C. The highest BCUT2D eigenvalue weighted by Gasteiger charge is 2.16. The molecule has 0 aromatic carbocycles. The number of furan rings is 1. The fourth-order valence-corrected chi connectivity index (χ4v) is 1.14. The number of amides is 2. The zero-order valence-corrected chi connectivity index (χ0v) is 9.70. The standard InChI is InChI=1S/C11H18N2O2/c1-11(2,3)12-10(14)13(4)7-9-5-6-15-8-9/h5-6,8H,7H2,1-4H3,(H,12,14). The molecule has 4 heteroatoms. The van der Waals surface area contributed by atoms with E-state index in [0.29, 0.717) is 6.54 Å². The summed E-state index contributed by atoms with van der Waals surface area (Å²) in [6.07, 6.45) is 3.24. The van der Waals surface area contributed by atoms with E-state index in [4.69, 9.17) is 4.42 Å². The van der Waals surface area contributed by atoms with Gasteiger partial charge in [-0.25, -0.2) is 4.79 Å². The fraction of sp³-hybridized carbons (Fsp3) is 0.545. The second-order valence-corrected chi connectivity index (χ2v) is 4.67. The summed E-state index contributed by atoms with van der Waals surface area (Å²) in [5.41, 5.74) is 0.781. The molecule has 15 heavy (non-hydrogen) atoms. The van der Waals surface area contributed by atoms with Gasteiger partial charge < -0.3 is 14.6 Å². The molecule has 0 aliphatic carbocycles. The highest BCUT2D eigenvalue weighted by molar-refractivity contribution is 5.74. The number of hydrogen-bond acceptors (Lipinski definition) is 2. The summed E-state index contributed by atoms with van der Waals surface area (Å²) in [6.45, 7) is 6.42. The van der Waals surface area contributed by atoms with E-state index in [1.165, 1.54) is 0 Å². The molecule has 1 N–H and O–H groups in total. The second kappa shape index (κ2) is 4.38. The smallest absolute Gasteiger partial charge is 0.317 e. The second-order valence-electron chi connectivity index (χ2n) is 4.67. The van der Waals surface area contributed by atoms with Gasteiger partial charge >= 0.3 is 6.03 Å². The highest BCUT2D eigenvalue weighted by atomic mass is 16.3. The Bertz CT molecular complexity index is 312. The maximum Gasteiger partial charge on any atom is 0.317 e. The number of rotatable bonds is 2. The third-order valence-corrected chi connectivity index (χ3v) is 1.83. The van der Waals surface area contributed by atoms with E-state index in [0.717, 1.165) is 5.56 Å². The van der Waals surface area contributed by atoms with Crippen LogP contribution in [0.1, 0.15) is 26.3 Å². The van der Waals surface area contributed by atoms with Gasteiger partial charge in [0.05, 0.1) is 19.1 Å². The molecule has 0 fully saturated rings. The Morgan fingerprint density at radius 2 is 2.20 bits per heavy atom. The zero-order valence-electron chi connectivity index (χ0n) is 9.70. The van der Waals surface area contributed by atoms with Crippen molar-refractivity contribution in [3.63, 3.8) is 0 Å². The van der Waals surface area contributed by atoms with Crippen molar-refractivity contribution in [1.29, 1.82) is 0 Å². The van der Waals surface area contributed by atoms with Crippen LogP contribution in [-0.2, 0) is 6.54 Å². The molecule has 1 heterocycles. The Balaban J connectivity index is 2.47. The van der Waals surface area contributed by atoms with Crippen LogP contribution in [0.5, 0.6) is 0 Å². The summed E-state index contributed by atoms with van der Waals surface area (Å²) in [5, 5.41) is 2.89. The Morgan fingerprint density at radius 1 is 1.53 bits per heavy atom. The average Bonchev–Trinajstić information content (AvgIpc) is 2.53. The van der Waals surface area contributed by atoms with Crippen LogP contribution in [0.4, 0.5) is 4.79 Å². The minimum Gasteiger partial charge on any atom is -0.472 e. The molecule has 84 valence electrons. The van der Waals surface area contributed by atoms with Gasteiger partial charge in [-0.2, -0.15) is 0 Å². The zero-order chi connectivity index (χ0) is 11.5. The lowest BCUT2D eigenvalue weighted by Gasteiger charge is -2.25. The Kier molecular flexibility index (Phi) is 3.39. The van der Waals surface area contributed by atoms with Crippen LogP contribution >= 0.6 is 0 Å². The summed E-state index contributed by atoms with van der Waals surface area (Å²) < 4.78 is 4.94. The molecule has 0 spiro atoms. The first-order valence-corrected chi connectivity index (χ1v) is 4.93. The number of carbonyl (C=O) groups excluding carboxylic acids is 1. The molecule has 2 amide bonds. The quantitative estimate of drug-likeness (QED) is 0.813. The molecule has 0 aliphatic rings. The summed E-state index contributed by atoms with van der Waals surface area (Å²) in [5.74, 6) is 0. The van der Waals surface area contributed by atoms with Crippen LogP contribution in [0, 0.1) is 0 Å². The molecule has 4 nitrogen and oxygen atoms in total. The van der Waals surface area contributed by atoms with E-state index in [2.05, 4.69) is 5.32 Å². The van der Waals surface area contributed by atoms with Gasteiger partial charge in [0.25, 0.3) is 0 Å². The van der Waals surface area contributed by atoms with Crippen molar-refractivity contribution in [2.45, 2.75) is 32.9 Å². The van der Waals surface area contributed by atoms with Gasteiger partial charge in [0.1, 0.15) is 0 Å². The van der Waals surface area contributed by atoms with E-state index in [1.54, 1.807) is 24.5 Å². The lowest BCUT2D eigenvalue weighted by atomic mass is 10.1. The van der Waals surface area contributed by atoms with E-state index < -0.39 is 0 Å². The van der Waals surface area contributed by atoms with E-state index in [1.807, 2.05) is 26.8 Å². The number of nitrogens with zero attached hydrogens (tertiary/aromatic N) is 1. The summed E-state index contributed by atoms with van der Waals surface area (Å²) in [4.78, 5) is 13.3. The van der Waals surface area contributed by atoms with E-state index >= 15 is 0 Å². The summed E-state index contributed by atoms with van der Waals surface area (Å²) >= 11 is 0. The molecule has 1 aromatic rings. The first-order chi connectivity index (χ1) is 6.88.